The molecule has 1 N–H and O–H groups in total. The molecule has 0 heterocycles. The lowest BCUT2D eigenvalue weighted by Gasteiger charge is -2.15. The van der Waals surface area contributed by atoms with Gasteiger partial charge in [0.25, 0.3) is 0 Å². The molecule has 0 saturated carbocycles. The van der Waals surface area contributed by atoms with Crippen molar-refractivity contribution < 1.29 is 19.0 Å². The van der Waals surface area contributed by atoms with Gasteiger partial charge < -0.3 is 14.2 Å². The summed E-state index contributed by atoms with van der Waals surface area (Å²) < 4.78 is 17.6. The number of benzene rings is 1. The van der Waals surface area contributed by atoms with Gasteiger partial charge in [0.15, 0.2) is 0 Å². The summed E-state index contributed by atoms with van der Waals surface area (Å²) in [5, 5.41) is 0. The van der Waals surface area contributed by atoms with Crippen LogP contribution in [0.4, 0.5) is 0 Å². The van der Waals surface area contributed by atoms with Gasteiger partial charge in [-0.05, 0) is 74.9 Å². The molecule has 1 rings (SSSR count). The molecule has 0 fully saturated rings. The number of unbranched alkanes of at least 4 members (excludes halogenated alkanes) is 2. The van der Waals surface area contributed by atoms with E-state index in [1.54, 1.807) is 12.3 Å². The number of ether oxygens (including phenoxy) is 3. The van der Waals surface area contributed by atoms with E-state index in [9.17, 15) is 0 Å². The highest BCUT2D eigenvalue weighted by Crippen LogP contribution is 2.30. The third-order valence-electron chi connectivity index (χ3n) is 4.16. The second-order valence-electron chi connectivity index (χ2n) is 6.87. The van der Waals surface area contributed by atoms with Crippen molar-refractivity contribution in [2.45, 2.75) is 46.5 Å². The van der Waals surface area contributed by atoms with E-state index in [-0.39, 0.29) is 15.6 Å². The van der Waals surface area contributed by atoms with Crippen molar-refractivity contribution in [3.8, 4) is 11.5 Å². The van der Waals surface area contributed by atoms with E-state index in [1.807, 2.05) is 26.0 Å². The van der Waals surface area contributed by atoms with Crippen molar-refractivity contribution >= 4 is 46.4 Å². The molecule has 0 radical (unpaired) electrons. The zero-order chi connectivity index (χ0) is 23.8. The highest BCUT2D eigenvalue weighted by Gasteiger charge is 2.09. The first-order chi connectivity index (χ1) is 15.3. The molecule has 0 aliphatic rings. The Morgan fingerprint density at radius 2 is 1.62 bits per heavy atom. The second-order valence-corrected chi connectivity index (χ2v) is 8.89. The zero-order valence-corrected chi connectivity index (χ0v) is 21.7. The quantitative estimate of drug-likeness (QED) is 0.137. The van der Waals surface area contributed by atoms with Crippen LogP contribution in [0.3, 0.4) is 0 Å². The van der Waals surface area contributed by atoms with Gasteiger partial charge in [0, 0.05) is 0 Å². The maximum Gasteiger partial charge on any atom is 0.125 e. The van der Waals surface area contributed by atoms with Crippen LogP contribution in [-0.2, 0) is 16.0 Å². The monoisotopic (exact) mass is 525 g/mol. The summed E-state index contributed by atoms with van der Waals surface area (Å²) in [7, 11) is 0. The van der Waals surface area contributed by atoms with E-state index >= 15 is 0 Å². The molecule has 0 saturated heterocycles. The maximum absolute atomic E-state index is 6.06. The SMILES string of the molecule is CCc1cc(OCC=C(Cl)Cl)cc(C)c1OCCCCCOC=C(C)NOCC=C(Cl)Cl. The molecule has 32 heavy (non-hydrogen) atoms. The third kappa shape index (κ3) is 13.3. The highest BCUT2D eigenvalue weighted by molar-refractivity contribution is 6.56. The summed E-state index contributed by atoms with van der Waals surface area (Å²) in [5.74, 6) is 1.70. The molecular weight excluding hydrogens is 496 g/mol. The van der Waals surface area contributed by atoms with Crippen molar-refractivity contribution in [2.24, 2.45) is 0 Å². The van der Waals surface area contributed by atoms with Crippen LogP contribution in [-0.4, -0.2) is 26.4 Å². The standard InChI is InChI=1S/C23H31Cl4NO4/c1-4-19-15-20(30-12-8-21(24)25)14-17(2)23(19)31-11-7-5-6-10-29-16-18(3)28-32-13-9-22(26)27/h8-9,14-16,28H,4-7,10-13H2,1-3H3. The Morgan fingerprint density at radius 3 is 2.31 bits per heavy atom. The summed E-state index contributed by atoms with van der Waals surface area (Å²) >= 11 is 22.2. The van der Waals surface area contributed by atoms with Gasteiger partial charge in [0.2, 0.25) is 0 Å². The summed E-state index contributed by atoms with van der Waals surface area (Å²) in [6.07, 6.45) is 8.50. The smallest absolute Gasteiger partial charge is 0.125 e. The average molecular weight is 527 g/mol. The van der Waals surface area contributed by atoms with Crippen LogP contribution in [0, 0.1) is 6.92 Å². The van der Waals surface area contributed by atoms with Crippen LogP contribution < -0.4 is 15.0 Å². The molecule has 9 heteroatoms. The Morgan fingerprint density at radius 1 is 0.938 bits per heavy atom. The summed E-state index contributed by atoms with van der Waals surface area (Å²) in [6, 6.07) is 3.96. The molecule has 0 aliphatic carbocycles. The molecule has 0 aliphatic heterocycles. The Bertz CT molecular complexity index is 774. The molecule has 5 nitrogen and oxygen atoms in total. The molecule has 1 aromatic carbocycles. The highest BCUT2D eigenvalue weighted by atomic mass is 35.5. The molecule has 0 unspecified atom stereocenters. The van der Waals surface area contributed by atoms with Crippen LogP contribution in [0.2, 0.25) is 0 Å². The molecule has 180 valence electrons. The number of allylic oxidation sites excluding steroid dienone is 1. The van der Waals surface area contributed by atoms with Gasteiger partial charge in [-0.3, -0.25) is 10.3 Å². The Labute approximate surface area is 211 Å². The predicted molar refractivity (Wildman–Crippen MR) is 134 cm³/mol. The molecule has 0 atom stereocenters. The Balaban J connectivity index is 2.29. The van der Waals surface area contributed by atoms with Gasteiger partial charge in [-0.2, -0.15) is 0 Å². The fourth-order valence-electron chi connectivity index (χ4n) is 2.67. The first-order valence-electron chi connectivity index (χ1n) is 10.4. The van der Waals surface area contributed by atoms with Crippen molar-refractivity contribution in [1.29, 1.82) is 0 Å². The number of hydroxylamine groups is 1. The van der Waals surface area contributed by atoms with Crippen LogP contribution in [0.5, 0.6) is 11.5 Å². The van der Waals surface area contributed by atoms with Crippen LogP contribution in [0.25, 0.3) is 0 Å². The third-order valence-corrected chi connectivity index (χ3v) is 4.78. The number of rotatable bonds is 16. The number of halogens is 4. The van der Waals surface area contributed by atoms with Crippen molar-refractivity contribution in [2.75, 3.05) is 26.4 Å². The minimum Gasteiger partial charge on any atom is -0.499 e. The van der Waals surface area contributed by atoms with E-state index in [2.05, 4.69) is 12.4 Å². The number of nitrogens with one attached hydrogen (secondary N) is 1. The number of hydrogen-bond acceptors (Lipinski definition) is 5. The van der Waals surface area contributed by atoms with Gasteiger partial charge >= 0.3 is 0 Å². The van der Waals surface area contributed by atoms with Gasteiger partial charge in [-0.1, -0.05) is 53.3 Å². The Hall–Kier alpha value is -1.24. The summed E-state index contributed by atoms with van der Waals surface area (Å²) in [5.41, 5.74) is 5.65. The first kappa shape index (κ1) is 28.8. The van der Waals surface area contributed by atoms with Crippen molar-refractivity contribution in [3.05, 3.63) is 56.4 Å². The normalized spacial score (nSPS) is 11.0. The number of aryl methyl sites for hydroxylation is 2. The number of hydrogen-bond donors (Lipinski definition) is 1. The largest absolute Gasteiger partial charge is 0.499 e. The average Bonchev–Trinajstić information content (AvgIpc) is 2.73. The molecule has 0 amide bonds. The molecule has 0 aromatic heterocycles. The van der Waals surface area contributed by atoms with E-state index in [0.29, 0.717) is 19.8 Å². The summed E-state index contributed by atoms with van der Waals surface area (Å²) in [4.78, 5) is 5.14. The maximum atomic E-state index is 6.06. The van der Waals surface area contributed by atoms with Gasteiger partial charge in [0.1, 0.15) is 33.4 Å². The topological polar surface area (TPSA) is 49.0 Å². The first-order valence-corrected chi connectivity index (χ1v) is 11.9. The fourth-order valence-corrected chi connectivity index (χ4v) is 2.92. The zero-order valence-electron chi connectivity index (χ0n) is 18.7. The van der Waals surface area contributed by atoms with Gasteiger partial charge in [-0.15, -0.1) is 0 Å². The van der Waals surface area contributed by atoms with E-state index < -0.39 is 0 Å². The van der Waals surface area contributed by atoms with Crippen LogP contribution >= 0.6 is 46.4 Å². The van der Waals surface area contributed by atoms with E-state index in [4.69, 9.17) is 65.5 Å². The minimum absolute atomic E-state index is 0.169. The van der Waals surface area contributed by atoms with Crippen LogP contribution in [0.15, 0.2) is 45.2 Å². The molecule has 0 bridgehead atoms. The minimum atomic E-state index is 0.169. The lowest BCUT2D eigenvalue weighted by atomic mass is 10.1. The molecule has 1 aromatic rings. The lowest BCUT2D eigenvalue weighted by Crippen LogP contribution is -2.12. The summed E-state index contributed by atoms with van der Waals surface area (Å²) in [6.45, 7) is 7.82. The lowest BCUT2D eigenvalue weighted by molar-refractivity contribution is 0.0819. The molecular formula is C23H31Cl4NO4. The van der Waals surface area contributed by atoms with Crippen molar-refractivity contribution in [3.63, 3.8) is 0 Å². The van der Waals surface area contributed by atoms with Crippen LogP contribution in [0.1, 0.15) is 44.2 Å². The van der Waals surface area contributed by atoms with Crippen molar-refractivity contribution in [1.82, 2.24) is 5.48 Å². The van der Waals surface area contributed by atoms with E-state index in [0.717, 1.165) is 54.0 Å². The van der Waals surface area contributed by atoms with Gasteiger partial charge in [0.05, 0.1) is 25.5 Å². The Kier molecular flexibility index (Phi) is 15.5. The second kappa shape index (κ2) is 17.3. The predicted octanol–water partition coefficient (Wildman–Crippen LogP) is 7.52. The van der Waals surface area contributed by atoms with Gasteiger partial charge in [-0.25, -0.2) is 0 Å². The van der Waals surface area contributed by atoms with E-state index in [1.165, 1.54) is 6.08 Å². The molecule has 0 spiro atoms. The fraction of sp³-hybridized carbons (Fsp3) is 0.478.